The van der Waals surface area contributed by atoms with E-state index in [0.717, 1.165) is 12.1 Å². The van der Waals surface area contributed by atoms with Gasteiger partial charge in [-0.05, 0) is 12.3 Å². The van der Waals surface area contributed by atoms with Crippen LogP contribution < -0.4 is 5.73 Å². The zero-order valence-corrected chi connectivity index (χ0v) is 16.1. The van der Waals surface area contributed by atoms with Crippen LogP contribution in [0, 0.1) is 11.3 Å². The number of rotatable bonds is 1. The summed E-state index contributed by atoms with van der Waals surface area (Å²) in [5.74, 6) is 0.453. The van der Waals surface area contributed by atoms with Crippen molar-refractivity contribution in [1.29, 1.82) is 0 Å². The van der Waals surface area contributed by atoms with Crippen LogP contribution in [0.5, 0.6) is 0 Å². The Morgan fingerprint density at radius 1 is 1.29 bits per heavy atom. The molecule has 1 aliphatic heterocycles. The molecule has 1 atom stereocenters. The summed E-state index contributed by atoms with van der Waals surface area (Å²) in [7, 11) is 0. The molecule has 2 aliphatic rings. The molecule has 0 spiro atoms. The molecular weight excluding hydrogens is 305 g/mol. The second-order valence-electron chi connectivity index (χ2n) is 5.67. The third kappa shape index (κ3) is 5.28. The van der Waals surface area contributed by atoms with Crippen molar-refractivity contribution in [3.05, 3.63) is 24.0 Å². The number of halogens is 1. The fourth-order valence-electron chi connectivity index (χ4n) is 2.30. The minimum absolute atomic E-state index is 0.0141. The molecular formula is C18H32FN5. The molecule has 24 heavy (non-hydrogen) atoms. The van der Waals surface area contributed by atoms with Crippen molar-refractivity contribution in [2.24, 2.45) is 32.0 Å². The van der Waals surface area contributed by atoms with Crippen LogP contribution in [-0.4, -0.2) is 29.8 Å². The maximum atomic E-state index is 13.5. The van der Waals surface area contributed by atoms with Gasteiger partial charge in [0.2, 0.25) is 0 Å². The highest BCUT2D eigenvalue weighted by Gasteiger charge is 2.37. The molecule has 1 unspecified atom stereocenters. The molecule has 0 aromatic carbocycles. The molecule has 0 aromatic heterocycles. The van der Waals surface area contributed by atoms with E-state index in [1.807, 2.05) is 32.6 Å². The highest BCUT2D eigenvalue weighted by Crippen LogP contribution is 2.44. The Bertz CT molecular complexity index is 544. The van der Waals surface area contributed by atoms with Crippen LogP contribution in [0.15, 0.2) is 39.0 Å². The van der Waals surface area contributed by atoms with E-state index < -0.39 is 6.09 Å². The van der Waals surface area contributed by atoms with Crippen LogP contribution in [0.3, 0.4) is 0 Å². The lowest BCUT2D eigenvalue weighted by molar-refractivity contribution is 0.268. The zero-order chi connectivity index (χ0) is 18.9. The summed E-state index contributed by atoms with van der Waals surface area (Å²) in [6.07, 6.45) is 3.87. The topological polar surface area (TPSA) is 66.3 Å². The van der Waals surface area contributed by atoms with E-state index in [-0.39, 0.29) is 23.6 Å². The van der Waals surface area contributed by atoms with Gasteiger partial charge in [0, 0.05) is 11.1 Å². The number of hydrogen-bond acceptors (Lipinski definition) is 5. The van der Waals surface area contributed by atoms with Crippen LogP contribution in [0.1, 0.15) is 54.9 Å². The number of allylic oxidation sites excluding steroid dienone is 2. The van der Waals surface area contributed by atoms with Crippen molar-refractivity contribution in [1.82, 2.24) is 4.90 Å². The monoisotopic (exact) mass is 337 g/mol. The van der Waals surface area contributed by atoms with Gasteiger partial charge in [0.25, 0.3) is 0 Å². The van der Waals surface area contributed by atoms with Gasteiger partial charge >= 0.3 is 6.09 Å². The molecule has 1 heterocycles. The molecule has 0 radical (unpaired) electrons. The van der Waals surface area contributed by atoms with Crippen molar-refractivity contribution >= 4 is 18.3 Å². The molecule has 0 fully saturated rings. The first-order valence-electron chi connectivity index (χ1n) is 8.57. The summed E-state index contributed by atoms with van der Waals surface area (Å²) in [5.41, 5.74) is 6.86. The molecule has 5 nitrogen and oxygen atoms in total. The third-order valence-corrected chi connectivity index (χ3v) is 4.08. The van der Waals surface area contributed by atoms with Gasteiger partial charge in [-0.3, -0.25) is 0 Å². The minimum atomic E-state index is -0.858. The SMILES string of the molecule is C=C1N=CN(C2=CCC(C)C2(C)C)C/N=C(F)\N=C/1N.CC.CC. The van der Waals surface area contributed by atoms with E-state index in [0.29, 0.717) is 5.92 Å². The second kappa shape index (κ2) is 10.0. The highest BCUT2D eigenvalue weighted by molar-refractivity contribution is 6.03. The maximum Gasteiger partial charge on any atom is 0.307 e. The van der Waals surface area contributed by atoms with Gasteiger partial charge < -0.3 is 10.6 Å². The highest BCUT2D eigenvalue weighted by atomic mass is 19.1. The Morgan fingerprint density at radius 2 is 1.88 bits per heavy atom. The molecule has 6 heteroatoms. The second-order valence-corrected chi connectivity index (χ2v) is 5.67. The molecule has 1 aliphatic carbocycles. The standard InChI is InChI=1S/C14H20FN5.2C2H6/c1-9-5-6-11(14(9,3)4)20-7-17-10(2)12(16)19-13(15)18-8-20;2*1-2/h6-7,9H,2,5,8H2,1,3-4H3,(H2,16,18,19);2*1-2H3. The molecule has 0 aromatic rings. The van der Waals surface area contributed by atoms with E-state index in [2.05, 4.69) is 48.4 Å². The lowest BCUT2D eigenvalue weighted by Gasteiger charge is -2.33. The average molecular weight is 337 g/mol. The summed E-state index contributed by atoms with van der Waals surface area (Å²) in [4.78, 5) is 13.3. The minimum Gasteiger partial charge on any atom is -0.382 e. The van der Waals surface area contributed by atoms with E-state index in [1.165, 1.54) is 0 Å². The molecule has 0 bridgehead atoms. The normalized spacial score (nSPS) is 26.8. The Kier molecular flexibility index (Phi) is 9.18. The number of nitrogens with two attached hydrogens (primary N) is 1. The van der Waals surface area contributed by atoms with Gasteiger partial charge in [-0.2, -0.15) is 9.38 Å². The Labute approximate surface area is 146 Å². The van der Waals surface area contributed by atoms with E-state index in [9.17, 15) is 4.39 Å². The molecule has 136 valence electrons. The molecule has 2 rings (SSSR count). The van der Waals surface area contributed by atoms with Crippen molar-refractivity contribution in [3.63, 3.8) is 0 Å². The molecule has 0 saturated carbocycles. The van der Waals surface area contributed by atoms with Crippen LogP contribution in [-0.2, 0) is 0 Å². The lowest BCUT2D eigenvalue weighted by atomic mass is 9.81. The summed E-state index contributed by atoms with van der Waals surface area (Å²) in [5, 5.41) is 0. The number of nitrogens with zero attached hydrogens (tertiary/aromatic N) is 4. The summed E-state index contributed by atoms with van der Waals surface area (Å²) in [6.45, 7) is 18.3. The largest absolute Gasteiger partial charge is 0.382 e. The Balaban J connectivity index is 0.00000123. The Hall–Kier alpha value is -1.98. The third-order valence-electron chi connectivity index (χ3n) is 4.08. The van der Waals surface area contributed by atoms with Crippen LogP contribution in [0.25, 0.3) is 0 Å². The van der Waals surface area contributed by atoms with Crippen LogP contribution >= 0.6 is 0 Å². The predicted molar refractivity (Wildman–Crippen MR) is 103 cm³/mol. The van der Waals surface area contributed by atoms with Gasteiger partial charge in [0.1, 0.15) is 6.67 Å². The zero-order valence-electron chi connectivity index (χ0n) is 16.1. The van der Waals surface area contributed by atoms with Crippen molar-refractivity contribution in [3.8, 4) is 0 Å². The van der Waals surface area contributed by atoms with E-state index in [4.69, 9.17) is 5.73 Å². The smallest absolute Gasteiger partial charge is 0.307 e. The first kappa shape index (κ1) is 22.0. The summed E-state index contributed by atoms with van der Waals surface area (Å²) < 4.78 is 13.5. The maximum absolute atomic E-state index is 13.5. The Morgan fingerprint density at radius 3 is 2.38 bits per heavy atom. The van der Waals surface area contributed by atoms with Gasteiger partial charge in [0.05, 0.1) is 12.0 Å². The molecule has 2 N–H and O–H groups in total. The molecule has 0 amide bonds. The number of hydrogen-bond donors (Lipinski definition) is 1. The molecule has 0 saturated heterocycles. The van der Waals surface area contributed by atoms with Gasteiger partial charge in [-0.25, -0.2) is 9.98 Å². The van der Waals surface area contributed by atoms with Gasteiger partial charge in [0.15, 0.2) is 5.84 Å². The summed E-state index contributed by atoms with van der Waals surface area (Å²) in [6, 6.07) is 0. The number of aliphatic imine (C=N–C) groups is 3. The van der Waals surface area contributed by atoms with E-state index >= 15 is 0 Å². The fourth-order valence-corrected chi connectivity index (χ4v) is 2.30. The first-order valence-corrected chi connectivity index (χ1v) is 8.57. The lowest BCUT2D eigenvalue weighted by Crippen LogP contribution is -2.32. The van der Waals surface area contributed by atoms with Crippen LogP contribution in [0.4, 0.5) is 4.39 Å². The fraction of sp³-hybridized carbons (Fsp3) is 0.611. The van der Waals surface area contributed by atoms with Crippen molar-refractivity contribution in [2.75, 3.05) is 6.67 Å². The van der Waals surface area contributed by atoms with E-state index in [1.54, 1.807) is 6.34 Å². The van der Waals surface area contributed by atoms with Crippen molar-refractivity contribution < 1.29 is 4.39 Å². The van der Waals surface area contributed by atoms with Gasteiger partial charge in [-0.15, -0.1) is 0 Å². The van der Waals surface area contributed by atoms with Gasteiger partial charge in [-0.1, -0.05) is 61.1 Å². The first-order chi connectivity index (χ1) is 11.3. The number of amidine groups is 2. The predicted octanol–water partition coefficient (Wildman–Crippen LogP) is 4.49. The van der Waals surface area contributed by atoms with Crippen LogP contribution in [0.2, 0.25) is 0 Å². The average Bonchev–Trinajstić information content (AvgIpc) is 2.86. The quantitative estimate of drug-likeness (QED) is 0.717. The summed E-state index contributed by atoms with van der Waals surface area (Å²) >= 11 is 0. The van der Waals surface area contributed by atoms with Crippen molar-refractivity contribution in [2.45, 2.75) is 54.9 Å².